The van der Waals surface area contributed by atoms with Crippen LogP contribution in [0.25, 0.3) is 28.4 Å². The second-order valence-electron chi connectivity index (χ2n) is 5.33. The lowest BCUT2D eigenvalue weighted by molar-refractivity contribution is 0.880. The van der Waals surface area contributed by atoms with E-state index in [4.69, 9.17) is 0 Å². The van der Waals surface area contributed by atoms with Crippen molar-refractivity contribution in [1.29, 1.82) is 5.26 Å². The van der Waals surface area contributed by atoms with Gasteiger partial charge in [0.05, 0.1) is 28.5 Å². The lowest BCUT2D eigenvalue weighted by atomic mass is 10.2. The maximum atomic E-state index is 9.48. The number of hydrogen-bond acceptors (Lipinski definition) is 3. The monoisotopic (exact) mass is 311 g/mol. The number of rotatable bonds is 3. The topological polar surface area (TPSA) is 70.3 Å². The second kappa shape index (κ2) is 5.86. The predicted molar refractivity (Wildman–Crippen MR) is 93.1 cm³/mol. The highest BCUT2D eigenvalue weighted by molar-refractivity contribution is 5.90. The zero-order valence-corrected chi connectivity index (χ0v) is 12.7. The largest absolute Gasteiger partial charge is 0.337 e. The Balaban J connectivity index is 1.71. The summed E-state index contributed by atoms with van der Waals surface area (Å²) in [5, 5.41) is 13.8. The summed E-state index contributed by atoms with van der Waals surface area (Å²) >= 11 is 0. The molecule has 0 saturated heterocycles. The molecule has 0 aliphatic heterocycles. The summed E-state index contributed by atoms with van der Waals surface area (Å²) in [5.41, 5.74) is 4.04. The molecule has 114 valence electrons. The third-order valence-corrected chi connectivity index (χ3v) is 3.70. The van der Waals surface area contributed by atoms with Crippen LogP contribution in [0, 0.1) is 11.3 Å². The van der Waals surface area contributed by atoms with Gasteiger partial charge < -0.3 is 4.98 Å². The third-order valence-electron chi connectivity index (χ3n) is 3.70. The van der Waals surface area contributed by atoms with Crippen molar-refractivity contribution in [1.82, 2.24) is 19.7 Å². The predicted octanol–water partition coefficient (Wildman–Crippen LogP) is 3.81. The molecule has 2 aromatic carbocycles. The summed E-state index contributed by atoms with van der Waals surface area (Å²) in [6.07, 6.45) is 5.40. The average molecular weight is 311 g/mol. The number of aromatic amines is 1. The number of nitrogens with zero attached hydrogens (tertiary/aromatic N) is 4. The molecule has 4 rings (SSSR count). The third kappa shape index (κ3) is 2.57. The fourth-order valence-corrected chi connectivity index (χ4v) is 2.53. The summed E-state index contributed by atoms with van der Waals surface area (Å²) < 4.78 is 1.78. The minimum atomic E-state index is 0.471. The summed E-state index contributed by atoms with van der Waals surface area (Å²) in [7, 11) is 0. The Bertz CT molecular complexity index is 1030. The molecule has 1 N–H and O–H groups in total. The Morgan fingerprint density at radius 3 is 2.67 bits per heavy atom. The van der Waals surface area contributed by atoms with Gasteiger partial charge in [-0.15, -0.1) is 0 Å². The van der Waals surface area contributed by atoms with E-state index >= 15 is 0 Å². The van der Waals surface area contributed by atoms with Gasteiger partial charge >= 0.3 is 0 Å². The van der Waals surface area contributed by atoms with Gasteiger partial charge in [0.2, 0.25) is 0 Å². The van der Waals surface area contributed by atoms with E-state index in [0.29, 0.717) is 11.4 Å². The van der Waals surface area contributed by atoms with Gasteiger partial charge in [-0.25, -0.2) is 9.67 Å². The lowest BCUT2D eigenvalue weighted by Crippen LogP contribution is -1.92. The minimum Gasteiger partial charge on any atom is -0.337 e. The van der Waals surface area contributed by atoms with E-state index in [0.717, 1.165) is 22.3 Å². The molecule has 0 radical (unpaired) electrons. The van der Waals surface area contributed by atoms with Crippen molar-refractivity contribution in [3.05, 3.63) is 78.4 Å². The van der Waals surface area contributed by atoms with Crippen LogP contribution < -0.4 is 0 Å². The molecule has 0 aliphatic carbocycles. The van der Waals surface area contributed by atoms with Gasteiger partial charge in [-0.05, 0) is 30.3 Å². The number of fused-ring (bicyclic) bond motifs is 1. The molecule has 0 saturated carbocycles. The van der Waals surface area contributed by atoms with Crippen molar-refractivity contribution < 1.29 is 0 Å². The summed E-state index contributed by atoms with van der Waals surface area (Å²) in [5.74, 6) is 0.561. The van der Waals surface area contributed by atoms with E-state index in [1.165, 1.54) is 0 Å². The second-order valence-corrected chi connectivity index (χ2v) is 5.33. The normalized spacial score (nSPS) is 11.5. The first-order valence-electron chi connectivity index (χ1n) is 7.50. The van der Waals surface area contributed by atoms with E-state index in [9.17, 15) is 5.26 Å². The van der Waals surface area contributed by atoms with Crippen LogP contribution in [-0.2, 0) is 0 Å². The van der Waals surface area contributed by atoms with Crippen molar-refractivity contribution in [2.75, 3.05) is 0 Å². The number of hydrogen-bond donors (Lipinski definition) is 1. The highest BCUT2D eigenvalue weighted by atomic mass is 15.3. The number of imidazole rings is 1. The van der Waals surface area contributed by atoms with E-state index in [2.05, 4.69) is 21.1 Å². The van der Waals surface area contributed by atoms with Gasteiger partial charge in [0.25, 0.3) is 0 Å². The fourth-order valence-electron chi connectivity index (χ4n) is 2.53. The summed E-state index contributed by atoms with van der Waals surface area (Å²) in [4.78, 5) is 7.65. The van der Waals surface area contributed by atoms with Gasteiger partial charge in [-0.3, -0.25) is 0 Å². The zero-order chi connectivity index (χ0) is 16.4. The molecule has 0 unspecified atom stereocenters. The maximum Gasteiger partial charge on any atom is 0.149 e. The molecule has 0 bridgehead atoms. The Hall–Kier alpha value is -3.65. The molecular weight excluding hydrogens is 298 g/mol. The molecule has 4 aromatic rings. The van der Waals surface area contributed by atoms with E-state index < -0.39 is 0 Å². The number of nitriles is 1. The minimum absolute atomic E-state index is 0.471. The molecule has 5 heteroatoms. The number of benzene rings is 2. The summed E-state index contributed by atoms with van der Waals surface area (Å²) in [6, 6.07) is 19.8. The first-order valence-corrected chi connectivity index (χ1v) is 7.50. The van der Waals surface area contributed by atoms with Crippen LogP contribution in [-0.4, -0.2) is 19.7 Å². The highest BCUT2D eigenvalue weighted by Gasteiger charge is 2.08. The standard InChI is InChI=1S/C19H13N5/c20-11-15(19-22-17-8-4-5-9-18(17)23-19)10-14-12-21-24(13-14)16-6-2-1-3-7-16/h1-10,12-13H,(H,22,23). The first kappa shape index (κ1) is 14.0. The van der Waals surface area contributed by atoms with Crippen molar-refractivity contribution in [2.45, 2.75) is 0 Å². The SMILES string of the molecule is N#CC(=Cc1cnn(-c2ccccc2)c1)c1nc2ccccc2[nH]1. The molecule has 0 amide bonds. The number of H-pyrrole nitrogens is 1. The molecule has 0 fully saturated rings. The Labute approximate surface area is 138 Å². The molecule has 2 heterocycles. The number of para-hydroxylation sites is 3. The van der Waals surface area contributed by atoms with Crippen LogP contribution in [0.2, 0.25) is 0 Å². The van der Waals surface area contributed by atoms with Gasteiger partial charge in [0, 0.05) is 11.8 Å². The number of allylic oxidation sites excluding steroid dienone is 1. The average Bonchev–Trinajstić information content (AvgIpc) is 3.27. The summed E-state index contributed by atoms with van der Waals surface area (Å²) in [6.45, 7) is 0. The Morgan fingerprint density at radius 1 is 1.08 bits per heavy atom. The Morgan fingerprint density at radius 2 is 1.88 bits per heavy atom. The fraction of sp³-hybridized carbons (Fsp3) is 0. The van der Waals surface area contributed by atoms with Crippen LogP contribution in [0.15, 0.2) is 67.0 Å². The molecule has 0 spiro atoms. The number of aromatic nitrogens is 4. The Kier molecular flexibility index (Phi) is 3.41. The van der Waals surface area contributed by atoms with Crippen LogP contribution in [0.5, 0.6) is 0 Å². The van der Waals surface area contributed by atoms with Crippen LogP contribution in [0.4, 0.5) is 0 Å². The van der Waals surface area contributed by atoms with Crippen molar-refractivity contribution in [3.63, 3.8) is 0 Å². The molecule has 0 atom stereocenters. The highest BCUT2D eigenvalue weighted by Crippen LogP contribution is 2.19. The van der Waals surface area contributed by atoms with Crippen molar-refractivity contribution in [3.8, 4) is 11.8 Å². The van der Waals surface area contributed by atoms with Gasteiger partial charge in [-0.1, -0.05) is 30.3 Å². The molecular formula is C19H13N5. The molecule has 0 aliphatic rings. The zero-order valence-electron chi connectivity index (χ0n) is 12.7. The van der Waals surface area contributed by atoms with Gasteiger partial charge in [0.1, 0.15) is 11.9 Å². The van der Waals surface area contributed by atoms with Crippen molar-refractivity contribution in [2.24, 2.45) is 0 Å². The maximum absolute atomic E-state index is 9.48. The lowest BCUT2D eigenvalue weighted by Gasteiger charge is -1.98. The van der Waals surface area contributed by atoms with Crippen LogP contribution in [0.1, 0.15) is 11.4 Å². The molecule has 5 nitrogen and oxygen atoms in total. The smallest absolute Gasteiger partial charge is 0.149 e. The number of nitrogens with one attached hydrogen (secondary N) is 1. The molecule has 24 heavy (non-hydrogen) atoms. The van der Waals surface area contributed by atoms with E-state index in [1.54, 1.807) is 17.0 Å². The van der Waals surface area contributed by atoms with Crippen LogP contribution in [0.3, 0.4) is 0 Å². The van der Waals surface area contributed by atoms with E-state index in [-0.39, 0.29) is 0 Å². The van der Waals surface area contributed by atoms with Gasteiger partial charge in [-0.2, -0.15) is 10.4 Å². The van der Waals surface area contributed by atoms with Gasteiger partial charge in [0.15, 0.2) is 0 Å². The quantitative estimate of drug-likeness (QED) is 0.585. The first-order chi connectivity index (χ1) is 11.8. The molecule has 2 aromatic heterocycles. The van der Waals surface area contributed by atoms with Crippen molar-refractivity contribution >= 4 is 22.7 Å². The van der Waals surface area contributed by atoms with Crippen LogP contribution >= 0.6 is 0 Å². The van der Waals surface area contributed by atoms with E-state index in [1.807, 2.05) is 60.8 Å².